The summed E-state index contributed by atoms with van der Waals surface area (Å²) in [6, 6.07) is 8.15. The van der Waals surface area contributed by atoms with Crippen LogP contribution in [0.5, 0.6) is 0 Å². The molecule has 1 aromatic heterocycles. The first-order chi connectivity index (χ1) is 13.6. The number of hydrogen-bond acceptors (Lipinski definition) is 5. The number of anilines is 2. The maximum atomic E-state index is 12.3. The molecule has 0 atom stereocenters. The van der Waals surface area contributed by atoms with Crippen LogP contribution in [0.1, 0.15) is 47.8 Å². The Labute approximate surface area is 168 Å². The van der Waals surface area contributed by atoms with Crippen LogP contribution in [0.25, 0.3) is 0 Å². The van der Waals surface area contributed by atoms with E-state index in [4.69, 9.17) is 0 Å². The second-order valence-corrected chi connectivity index (χ2v) is 7.40. The van der Waals surface area contributed by atoms with Crippen molar-refractivity contribution < 1.29 is 4.79 Å². The van der Waals surface area contributed by atoms with Crippen LogP contribution < -0.4 is 15.1 Å². The van der Waals surface area contributed by atoms with Crippen molar-refractivity contribution in [1.29, 1.82) is 0 Å². The average Bonchev–Trinajstić information content (AvgIpc) is 2.73. The molecule has 1 aliphatic heterocycles. The molecule has 0 spiro atoms. The summed E-state index contributed by atoms with van der Waals surface area (Å²) in [7, 11) is 0. The van der Waals surface area contributed by atoms with Gasteiger partial charge in [0.15, 0.2) is 0 Å². The molecule has 2 aromatic rings. The van der Waals surface area contributed by atoms with E-state index in [9.17, 15) is 4.79 Å². The predicted octanol–water partition coefficient (Wildman–Crippen LogP) is 3.34. The van der Waals surface area contributed by atoms with Crippen molar-refractivity contribution in [2.24, 2.45) is 0 Å². The van der Waals surface area contributed by atoms with E-state index in [-0.39, 0.29) is 5.91 Å². The van der Waals surface area contributed by atoms with Crippen LogP contribution >= 0.6 is 0 Å². The minimum atomic E-state index is -0.117. The van der Waals surface area contributed by atoms with Crippen molar-refractivity contribution in [1.82, 2.24) is 15.3 Å². The quantitative estimate of drug-likeness (QED) is 0.746. The molecule has 1 N–H and O–H groups in total. The van der Waals surface area contributed by atoms with E-state index in [2.05, 4.69) is 64.1 Å². The van der Waals surface area contributed by atoms with Gasteiger partial charge in [0.1, 0.15) is 5.69 Å². The number of carbonyl (C=O) groups excluding carboxylic acids is 1. The highest BCUT2D eigenvalue weighted by molar-refractivity contribution is 5.92. The van der Waals surface area contributed by atoms with Gasteiger partial charge in [0, 0.05) is 44.6 Å². The highest BCUT2D eigenvalue weighted by Gasteiger charge is 2.21. The lowest BCUT2D eigenvalue weighted by Gasteiger charge is -2.37. The van der Waals surface area contributed by atoms with Crippen molar-refractivity contribution in [2.45, 2.75) is 40.0 Å². The Hall–Kier alpha value is -2.63. The summed E-state index contributed by atoms with van der Waals surface area (Å²) < 4.78 is 0. The molecule has 1 saturated heterocycles. The zero-order chi connectivity index (χ0) is 19.9. The molecule has 150 valence electrons. The zero-order valence-corrected chi connectivity index (χ0v) is 17.2. The first kappa shape index (κ1) is 20.1. The van der Waals surface area contributed by atoms with Crippen LogP contribution in [-0.4, -0.2) is 48.6 Å². The third-order valence-electron chi connectivity index (χ3n) is 5.42. The van der Waals surface area contributed by atoms with E-state index in [1.54, 1.807) is 12.3 Å². The van der Waals surface area contributed by atoms with Crippen LogP contribution in [0.2, 0.25) is 0 Å². The van der Waals surface area contributed by atoms with Gasteiger partial charge in [0.2, 0.25) is 5.95 Å². The first-order valence-corrected chi connectivity index (χ1v) is 10.3. The molecule has 3 rings (SSSR count). The number of piperazine rings is 1. The maximum absolute atomic E-state index is 12.3. The van der Waals surface area contributed by atoms with Gasteiger partial charge >= 0.3 is 0 Å². The number of benzene rings is 1. The Kier molecular flexibility index (Phi) is 6.85. The number of amides is 1. The van der Waals surface area contributed by atoms with Gasteiger partial charge in [-0.15, -0.1) is 0 Å². The van der Waals surface area contributed by atoms with Gasteiger partial charge in [0.25, 0.3) is 5.91 Å². The minimum Gasteiger partial charge on any atom is -0.368 e. The lowest BCUT2D eigenvalue weighted by Crippen LogP contribution is -2.47. The molecule has 0 aliphatic carbocycles. The Balaban J connectivity index is 1.60. The average molecular weight is 382 g/mol. The molecule has 6 heteroatoms. The second-order valence-electron chi connectivity index (χ2n) is 7.40. The standard InChI is InChI=1S/C22H31N5O/c1-4-5-6-11-23-21(28)19-10-12-24-22(25-19)27-15-13-26(14-16-27)20-9-7-8-17(2)18(20)3/h7-10,12H,4-6,11,13-16H2,1-3H3,(H,23,28). The van der Waals surface area contributed by atoms with E-state index >= 15 is 0 Å². The molecule has 1 aliphatic rings. The molecule has 1 aromatic carbocycles. The van der Waals surface area contributed by atoms with Crippen LogP contribution in [0.4, 0.5) is 11.6 Å². The van der Waals surface area contributed by atoms with Gasteiger partial charge < -0.3 is 15.1 Å². The summed E-state index contributed by atoms with van der Waals surface area (Å²) in [5.41, 5.74) is 4.41. The Morgan fingerprint density at radius 2 is 1.82 bits per heavy atom. The number of rotatable bonds is 7. The topological polar surface area (TPSA) is 61.4 Å². The van der Waals surface area contributed by atoms with Gasteiger partial charge in [-0.2, -0.15) is 0 Å². The van der Waals surface area contributed by atoms with Gasteiger partial charge in [0.05, 0.1) is 0 Å². The number of hydrogen-bond donors (Lipinski definition) is 1. The van der Waals surface area contributed by atoms with E-state index in [1.807, 2.05) is 0 Å². The van der Waals surface area contributed by atoms with E-state index in [0.29, 0.717) is 18.2 Å². The van der Waals surface area contributed by atoms with Crippen molar-refractivity contribution in [3.05, 3.63) is 47.3 Å². The predicted molar refractivity (Wildman–Crippen MR) is 114 cm³/mol. The van der Waals surface area contributed by atoms with Gasteiger partial charge in [-0.25, -0.2) is 9.97 Å². The third kappa shape index (κ3) is 4.80. The van der Waals surface area contributed by atoms with E-state index in [0.717, 1.165) is 45.4 Å². The summed E-state index contributed by atoms with van der Waals surface area (Å²) in [5, 5.41) is 2.95. The number of nitrogens with zero attached hydrogens (tertiary/aromatic N) is 4. The molecule has 28 heavy (non-hydrogen) atoms. The zero-order valence-electron chi connectivity index (χ0n) is 17.2. The summed E-state index contributed by atoms with van der Waals surface area (Å²) in [4.78, 5) is 25.8. The van der Waals surface area contributed by atoms with Gasteiger partial charge in [-0.3, -0.25) is 4.79 Å². The fourth-order valence-electron chi connectivity index (χ4n) is 3.52. The van der Waals surface area contributed by atoms with Crippen LogP contribution in [0, 0.1) is 13.8 Å². The largest absolute Gasteiger partial charge is 0.368 e. The molecule has 1 fully saturated rings. The first-order valence-electron chi connectivity index (χ1n) is 10.3. The molecule has 0 radical (unpaired) electrons. The van der Waals surface area contributed by atoms with Crippen LogP contribution in [0.15, 0.2) is 30.5 Å². The summed E-state index contributed by atoms with van der Waals surface area (Å²) in [6.07, 6.45) is 4.95. The molecule has 0 bridgehead atoms. The van der Waals surface area contributed by atoms with Crippen LogP contribution in [-0.2, 0) is 0 Å². The summed E-state index contributed by atoms with van der Waals surface area (Å²) in [5.74, 6) is 0.524. The molecule has 0 saturated carbocycles. The third-order valence-corrected chi connectivity index (χ3v) is 5.42. The van der Waals surface area contributed by atoms with E-state index in [1.165, 1.54) is 16.8 Å². The molecule has 0 unspecified atom stereocenters. The van der Waals surface area contributed by atoms with Gasteiger partial charge in [-0.1, -0.05) is 31.9 Å². The number of nitrogens with one attached hydrogen (secondary N) is 1. The molecule has 1 amide bonds. The maximum Gasteiger partial charge on any atom is 0.270 e. The minimum absolute atomic E-state index is 0.117. The smallest absolute Gasteiger partial charge is 0.270 e. The Morgan fingerprint density at radius 1 is 1.07 bits per heavy atom. The van der Waals surface area contributed by atoms with Crippen molar-refractivity contribution in [2.75, 3.05) is 42.5 Å². The lowest BCUT2D eigenvalue weighted by atomic mass is 10.1. The second kappa shape index (κ2) is 9.53. The fourth-order valence-corrected chi connectivity index (χ4v) is 3.52. The highest BCUT2D eigenvalue weighted by atomic mass is 16.1. The van der Waals surface area contributed by atoms with Gasteiger partial charge in [-0.05, 0) is 43.5 Å². The number of aromatic nitrogens is 2. The number of unbranched alkanes of at least 4 members (excludes halogenated alkanes) is 2. The molecular weight excluding hydrogens is 350 g/mol. The van der Waals surface area contributed by atoms with Crippen molar-refractivity contribution >= 4 is 17.5 Å². The molecular formula is C22H31N5O. The number of aryl methyl sites for hydroxylation is 1. The summed E-state index contributed by atoms with van der Waals surface area (Å²) >= 11 is 0. The number of carbonyl (C=O) groups is 1. The SMILES string of the molecule is CCCCCNC(=O)c1ccnc(N2CCN(c3cccc(C)c3C)CC2)n1. The Morgan fingerprint density at radius 3 is 2.57 bits per heavy atom. The van der Waals surface area contributed by atoms with Crippen molar-refractivity contribution in [3.63, 3.8) is 0 Å². The summed E-state index contributed by atoms with van der Waals surface area (Å²) in [6.45, 7) is 10.7. The Bertz CT molecular complexity index is 799. The fraction of sp³-hybridized carbons (Fsp3) is 0.500. The molecule has 6 nitrogen and oxygen atoms in total. The lowest BCUT2D eigenvalue weighted by molar-refractivity contribution is 0.0948. The van der Waals surface area contributed by atoms with Crippen LogP contribution in [0.3, 0.4) is 0 Å². The normalized spacial score (nSPS) is 14.2. The monoisotopic (exact) mass is 381 g/mol. The van der Waals surface area contributed by atoms with Crippen molar-refractivity contribution in [3.8, 4) is 0 Å². The molecule has 2 heterocycles. The van der Waals surface area contributed by atoms with E-state index < -0.39 is 0 Å². The highest BCUT2D eigenvalue weighted by Crippen LogP contribution is 2.24.